The first-order valence-electron chi connectivity index (χ1n) is 11.4. The largest absolute Gasteiger partial charge is 0.454 e. The van der Waals surface area contributed by atoms with Crippen LogP contribution in [0.4, 0.5) is 0 Å². The van der Waals surface area contributed by atoms with E-state index in [0.29, 0.717) is 37.9 Å². The van der Waals surface area contributed by atoms with Crippen molar-refractivity contribution in [1.29, 1.82) is 0 Å². The lowest BCUT2D eigenvalue weighted by Crippen LogP contribution is -2.49. The van der Waals surface area contributed by atoms with Gasteiger partial charge in [-0.3, -0.25) is 14.4 Å². The highest BCUT2D eigenvalue weighted by Gasteiger charge is 2.39. The van der Waals surface area contributed by atoms with E-state index in [-0.39, 0.29) is 23.1 Å². The second kappa shape index (κ2) is 10.1. The van der Waals surface area contributed by atoms with Gasteiger partial charge in [0.25, 0.3) is 5.91 Å². The third-order valence-electron chi connectivity index (χ3n) is 6.41. The summed E-state index contributed by atoms with van der Waals surface area (Å²) in [5.74, 6) is -1.17. The number of nitrogens with zero attached hydrogens (tertiary/aromatic N) is 2. The van der Waals surface area contributed by atoms with Crippen LogP contribution in [0.15, 0.2) is 53.4 Å². The molecule has 2 aromatic rings. The summed E-state index contributed by atoms with van der Waals surface area (Å²) in [7, 11) is -3.97. The van der Waals surface area contributed by atoms with Gasteiger partial charge >= 0.3 is 5.97 Å². The van der Waals surface area contributed by atoms with Crippen molar-refractivity contribution in [2.24, 2.45) is 0 Å². The van der Waals surface area contributed by atoms with Gasteiger partial charge in [-0.05, 0) is 55.9 Å². The van der Waals surface area contributed by atoms with Crippen molar-refractivity contribution in [3.8, 4) is 0 Å². The Morgan fingerprint density at radius 3 is 2.38 bits per heavy atom. The van der Waals surface area contributed by atoms with Crippen molar-refractivity contribution in [3.63, 3.8) is 0 Å². The Morgan fingerprint density at radius 1 is 0.971 bits per heavy atom. The second-order valence-corrected chi connectivity index (χ2v) is 10.5. The number of carbonyl (C=O) groups excluding carboxylic acids is 3. The molecule has 1 unspecified atom stereocenters. The number of rotatable bonds is 6. The van der Waals surface area contributed by atoms with E-state index in [1.165, 1.54) is 36.8 Å². The van der Waals surface area contributed by atoms with E-state index < -0.39 is 28.6 Å². The zero-order chi connectivity index (χ0) is 24.3. The molecular weight excluding hydrogens is 456 g/mol. The number of esters is 1. The van der Waals surface area contributed by atoms with Crippen molar-refractivity contribution in [3.05, 3.63) is 65.2 Å². The first-order valence-corrected chi connectivity index (χ1v) is 12.9. The van der Waals surface area contributed by atoms with Gasteiger partial charge in [-0.15, -0.1) is 0 Å². The molecule has 9 heteroatoms. The quantitative estimate of drug-likeness (QED) is 0.461. The maximum absolute atomic E-state index is 13.2. The topological polar surface area (TPSA) is 101 Å². The Bertz CT molecular complexity index is 1190. The average Bonchev–Trinajstić information content (AvgIpc) is 2.86. The number of benzene rings is 2. The van der Waals surface area contributed by atoms with Gasteiger partial charge in [0, 0.05) is 25.2 Å². The van der Waals surface area contributed by atoms with Crippen molar-refractivity contribution >= 4 is 27.7 Å². The van der Waals surface area contributed by atoms with Gasteiger partial charge in [0.1, 0.15) is 6.04 Å². The monoisotopic (exact) mass is 484 g/mol. The minimum atomic E-state index is -3.97. The molecule has 2 heterocycles. The molecule has 180 valence electrons. The third kappa shape index (κ3) is 5.05. The molecule has 1 fully saturated rings. The maximum atomic E-state index is 13.2. The van der Waals surface area contributed by atoms with E-state index in [2.05, 4.69) is 0 Å². The van der Waals surface area contributed by atoms with Crippen LogP contribution in [0, 0.1) is 0 Å². The zero-order valence-corrected chi connectivity index (χ0v) is 19.9. The normalized spacial score (nSPS) is 18.7. The van der Waals surface area contributed by atoms with E-state index >= 15 is 0 Å². The van der Waals surface area contributed by atoms with Gasteiger partial charge < -0.3 is 9.64 Å². The number of hydrogen-bond donors (Lipinski definition) is 0. The van der Waals surface area contributed by atoms with Gasteiger partial charge in [-0.2, -0.15) is 4.31 Å². The summed E-state index contributed by atoms with van der Waals surface area (Å²) >= 11 is 0. The fourth-order valence-electron chi connectivity index (χ4n) is 4.45. The molecule has 2 aliphatic rings. The van der Waals surface area contributed by atoms with Crippen LogP contribution in [-0.4, -0.2) is 61.0 Å². The summed E-state index contributed by atoms with van der Waals surface area (Å²) < 4.78 is 33.0. The zero-order valence-electron chi connectivity index (χ0n) is 19.1. The minimum Gasteiger partial charge on any atom is -0.454 e. The predicted molar refractivity (Wildman–Crippen MR) is 124 cm³/mol. The molecule has 2 aromatic carbocycles. The summed E-state index contributed by atoms with van der Waals surface area (Å²) in [5.41, 5.74) is 2.70. The van der Waals surface area contributed by atoms with Crippen LogP contribution < -0.4 is 0 Å². The van der Waals surface area contributed by atoms with E-state index in [1.54, 1.807) is 4.90 Å². The lowest BCUT2D eigenvalue weighted by atomic mass is 10.00. The van der Waals surface area contributed by atoms with Crippen LogP contribution >= 0.6 is 0 Å². The standard InChI is InChI=1S/C25H28N2O6S/c1-18(28)19-9-11-22(12-10-19)34(31,32)27-14-5-4-8-23(27)25(30)33-17-24(29)26-15-13-20-6-2-3-7-21(20)16-26/h2-3,6-7,9-12,23H,4-5,8,13-17H2,1H3. The molecule has 0 N–H and O–H groups in total. The van der Waals surface area contributed by atoms with Crippen molar-refractivity contribution in [2.75, 3.05) is 19.7 Å². The summed E-state index contributed by atoms with van der Waals surface area (Å²) in [6, 6.07) is 12.6. The van der Waals surface area contributed by atoms with Gasteiger partial charge in [-0.25, -0.2) is 8.42 Å². The number of sulfonamides is 1. The number of hydrogen-bond acceptors (Lipinski definition) is 6. The molecule has 0 radical (unpaired) electrons. The first kappa shape index (κ1) is 24.1. The lowest BCUT2D eigenvalue weighted by molar-refractivity contribution is -0.156. The molecular formula is C25H28N2O6S. The van der Waals surface area contributed by atoms with Crippen molar-refractivity contribution in [2.45, 2.75) is 50.1 Å². The minimum absolute atomic E-state index is 0.0141. The molecule has 0 aromatic heterocycles. The third-order valence-corrected chi connectivity index (χ3v) is 8.34. The number of ketones is 1. The summed E-state index contributed by atoms with van der Waals surface area (Å²) in [6.45, 7) is 2.19. The molecule has 1 saturated heterocycles. The van der Waals surface area contributed by atoms with Gasteiger partial charge in [0.15, 0.2) is 12.4 Å². The molecule has 0 bridgehead atoms. The SMILES string of the molecule is CC(=O)c1ccc(S(=O)(=O)N2CCCCC2C(=O)OCC(=O)N2CCc3ccccc3C2)cc1. The van der Waals surface area contributed by atoms with Gasteiger partial charge in [-0.1, -0.05) is 36.4 Å². The molecule has 1 atom stereocenters. The Kier molecular flexibility index (Phi) is 7.13. The maximum Gasteiger partial charge on any atom is 0.324 e. The smallest absolute Gasteiger partial charge is 0.324 e. The number of ether oxygens (including phenoxy) is 1. The van der Waals surface area contributed by atoms with Gasteiger partial charge in [0.2, 0.25) is 10.0 Å². The van der Waals surface area contributed by atoms with Gasteiger partial charge in [0.05, 0.1) is 4.90 Å². The molecule has 0 spiro atoms. The van der Waals surface area contributed by atoms with Crippen LogP contribution in [0.3, 0.4) is 0 Å². The van der Waals surface area contributed by atoms with E-state index in [0.717, 1.165) is 16.3 Å². The van der Waals surface area contributed by atoms with Crippen LogP contribution in [0.1, 0.15) is 47.7 Å². The number of piperidine rings is 1. The van der Waals surface area contributed by atoms with Crippen molar-refractivity contribution in [1.82, 2.24) is 9.21 Å². The van der Waals surface area contributed by atoms with E-state index in [4.69, 9.17) is 4.74 Å². The highest BCUT2D eigenvalue weighted by atomic mass is 32.2. The Balaban J connectivity index is 1.41. The highest BCUT2D eigenvalue weighted by molar-refractivity contribution is 7.89. The molecule has 8 nitrogen and oxygen atoms in total. The number of carbonyl (C=O) groups is 3. The van der Waals surface area contributed by atoms with Crippen LogP contribution in [0.25, 0.3) is 0 Å². The van der Waals surface area contributed by atoms with Crippen molar-refractivity contribution < 1.29 is 27.5 Å². The summed E-state index contributed by atoms with van der Waals surface area (Å²) in [5, 5.41) is 0. The fraction of sp³-hybridized carbons (Fsp3) is 0.400. The number of fused-ring (bicyclic) bond motifs is 1. The Labute approximate surface area is 199 Å². The molecule has 0 saturated carbocycles. The second-order valence-electron chi connectivity index (χ2n) is 8.65. The number of Topliss-reactive ketones (excluding diaryl/α,β-unsaturated/α-hetero) is 1. The average molecular weight is 485 g/mol. The summed E-state index contributed by atoms with van der Waals surface area (Å²) in [6.07, 6.45) is 2.38. The molecule has 0 aliphatic carbocycles. The highest BCUT2D eigenvalue weighted by Crippen LogP contribution is 2.27. The van der Waals surface area contributed by atoms with Crippen LogP contribution in [-0.2, 0) is 37.3 Å². The molecule has 34 heavy (non-hydrogen) atoms. The lowest BCUT2D eigenvalue weighted by Gasteiger charge is -2.33. The Hall–Kier alpha value is -3.04. The fourth-order valence-corrected chi connectivity index (χ4v) is 6.10. The molecule has 4 rings (SSSR count). The number of amides is 1. The summed E-state index contributed by atoms with van der Waals surface area (Å²) in [4.78, 5) is 38.7. The van der Waals surface area contributed by atoms with Crippen LogP contribution in [0.2, 0.25) is 0 Å². The van der Waals surface area contributed by atoms with E-state index in [9.17, 15) is 22.8 Å². The predicted octanol–water partition coefficient (Wildman–Crippen LogP) is 2.56. The van der Waals surface area contributed by atoms with E-state index in [1.807, 2.05) is 24.3 Å². The molecule has 1 amide bonds. The Morgan fingerprint density at radius 2 is 1.68 bits per heavy atom. The molecule has 2 aliphatic heterocycles. The van der Waals surface area contributed by atoms with Crippen LogP contribution in [0.5, 0.6) is 0 Å². The first-order chi connectivity index (χ1) is 16.3.